The van der Waals surface area contributed by atoms with Crippen molar-refractivity contribution in [2.75, 3.05) is 18.0 Å². The molecule has 0 saturated carbocycles. The van der Waals surface area contributed by atoms with Gasteiger partial charge >= 0.3 is 0 Å². The van der Waals surface area contributed by atoms with E-state index in [1.54, 1.807) is 11.3 Å². The molecule has 2 N–H and O–H groups in total. The average Bonchev–Trinajstić information content (AvgIpc) is 3.42. The second-order valence-corrected chi connectivity index (χ2v) is 8.95. The minimum Gasteiger partial charge on any atom is -0.356 e. The Balaban J connectivity index is 0.00000289. The van der Waals surface area contributed by atoms with Crippen LogP contribution in [0.5, 0.6) is 0 Å². The molecule has 0 atom stereocenters. The predicted molar refractivity (Wildman–Crippen MR) is 141 cm³/mol. The van der Waals surface area contributed by atoms with Crippen molar-refractivity contribution in [2.24, 2.45) is 12.0 Å². The van der Waals surface area contributed by atoms with Gasteiger partial charge in [-0.2, -0.15) is 0 Å². The Labute approximate surface area is 210 Å². The Kier molecular flexibility index (Phi) is 8.85. The van der Waals surface area contributed by atoms with E-state index >= 15 is 0 Å². The van der Waals surface area contributed by atoms with Crippen molar-refractivity contribution in [1.82, 2.24) is 30.4 Å². The van der Waals surface area contributed by atoms with Gasteiger partial charge in [0.1, 0.15) is 18.2 Å². The first kappa shape index (κ1) is 24.4. The molecule has 172 valence electrons. The van der Waals surface area contributed by atoms with Gasteiger partial charge in [0.05, 0.1) is 6.54 Å². The number of nitrogens with zero attached hydrogens (tertiary/aromatic N) is 6. The highest BCUT2D eigenvalue weighted by Gasteiger charge is 2.21. The van der Waals surface area contributed by atoms with Gasteiger partial charge in [0.15, 0.2) is 11.8 Å². The number of anilines is 1. The van der Waals surface area contributed by atoms with Crippen molar-refractivity contribution >= 4 is 47.1 Å². The lowest BCUT2D eigenvalue weighted by Crippen LogP contribution is -2.48. The molecule has 1 fully saturated rings. The highest BCUT2D eigenvalue weighted by molar-refractivity contribution is 14.0. The van der Waals surface area contributed by atoms with E-state index in [-0.39, 0.29) is 24.0 Å². The molecule has 4 heterocycles. The largest absolute Gasteiger partial charge is 0.356 e. The molecule has 0 aliphatic carbocycles. The van der Waals surface area contributed by atoms with Gasteiger partial charge in [-0.05, 0) is 49.8 Å². The summed E-state index contributed by atoms with van der Waals surface area (Å²) in [6.07, 6.45) is 4.02. The third-order valence-electron chi connectivity index (χ3n) is 5.63. The van der Waals surface area contributed by atoms with Crippen LogP contribution >= 0.6 is 35.3 Å². The van der Waals surface area contributed by atoms with E-state index in [1.807, 2.05) is 24.7 Å². The van der Waals surface area contributed by atoms with E-state index < -0.39 is 0 Å². The highest BCUT2D eigenvalue weighted by atomic mass is 127. The summed E-state index contributed by atoms with van der Waals surface area (Å²) in [7, 11) is 1.97. The average molecular weight is 567 g/mol. The molecule has 8 nitrogen and oxygen atoms in total. The Morgan fingerprint density at radius 2 is 2.00 bits per heavy atom. The number of piperidine rings is 1. The number of hydrogen-bond acceptors (Lipinski definition) is 6. The van der Waals surface area contributed by atoms with Crippen molar-refractivity contribution in [1.29, 1.82) is 0 Å². The lowest BCUT2D eigenvalue weighted by Gasteiger charge is -2.33. The first-order chi connectivity index (χ1) is 15.1. The molecule has 32 heavy (non-hydrogen) atoms. The molecule has 1 saturated heterocycles. The van der Waals surface area contributed by atoms with Crippen LogP contribution in [0.2, 0.25) is 0 Å². The third kappa shape index (κ3) is 6.41. The second kappa shape index (κ2) is 11.6. The summed E-state index contributed by atoms with van der Waals surface area (Å²) in [6, 6.07) is 8.82. The van der Waals surface area contributed by atoms with Crippen LogP contribution in [0.25, 0.3) is 0 Å². The first-order valence-corrected chi connectivity index (χ1v) is 11.6. The Morgan fingerprint density at radius 3 is 2.62 bits per heavy atom. The van der Waals surface area contributed by atoms with Crippen molar-refractivity contribution < 1.29 is 0 Å². The molecular weight excluding hydrogens is 535 g/mol. The normalized spacial score (nSPS) is 14.8. The van der Waals surface area contributed by atoms with Crippen LogP contribution in [0.3, 0.4) is 0 Å². The lowest BCUT2D eigenvalue weighted by molar-refractivity contribution is 0.459. The van der Waals surface area contributed by atoms with Gasteiger partial charge in [-0.25, -0.2) is 9.98 Å². The maximum absolute atomic E-state index is 4.80. The van der Waals surface area contributed by atoms with Crippen LogP contribution in [0.15, 0.2) is 40.8 Å². The predicted octanol–water partition coefficient (Wildman–Crippen LogP) is 3.41. The summed E-state index contributed by atoms with van der Waals surface area (Å²) in [5, 5.41) is 17.6. The minimum absolute atomic E-state index is 0. The molecule has 4 rings (SSSR count). The van der Waals surface area contributed by atoms with Gasteiger partial charge in [-0.3, -0.25) is 0 Å². The monoisotopic (exact) mass is 566 g/mol. The zero-order valence-corrected chi connectivity index (χ0v) is 21.9. The van der Waals surface area contributed by atoms with Gasteiger partial charge < -0.3 is 20.1 Å². The van der Waals surface area contributed by atoms with E-state index in [2.05, 4.69) is 67.3 Å². The SMILES string of the molecule is Cc1ccc(N2CCC(NC(=NCc3nnc(C)n3C)NCc3cccs3)CC2)nc1.I. The van der Waals surface area contributed by atoms with Gasteiger partial charge in [0, 0.05) is 37.3 Å². The number of rotatable bonds is 6. The molecule has 1 aliphatic rings. The number of aromatic nitrogens is 4. The second-order valence-electron chi connectivity index (χ2n) is 7.92. The fourth-order valence-corrected chi connectivity index (χ4v) is 4.21. The molecule has 3 aromatic rings. The molecule has 0 spiro atoms. The molecule has 0 radical (unpaired) electrons. The Bertz CT molecular complexity index is 992. The van der Waals surface area contributed by atoms with Crippen LogP contribution in [-0.4, -0.2) is 44.8 Å². The lowest BCUT2D eigenvalue weighted by atomic mass is 10.1. The third-order valence-corrected chi connectivity index (χ3v) is 6.50. The maximum Gasteiger partial charge on any atom is 0.192 e. The maximum atomic E-state index is 4.80. The number of halogens is 1. The van der Waals surface area contributed by atoms with Gasteiger partial charge in [0.25, 0.3) is 0 Å². The fraction of sp³-hybridized carbons (Fsp3) is 0.455. The molecule has 0 unspecified atom stereocenters. The summed E-state index contributed by atoms with van der Waals surface area (Å²) >= 11 is 1.74. The topological polar surface area (TPSA) is 83.3 Å². The van der Waals surface area contributed by atoms with Crippen molar-refractivity contribution in [3.63, 3.8) is 0 Å². The molecule has 10 heteroatoms. The minimum atomic E-state index is 0. The first-order valence-electron chi connectivity index (χ1n) is 10.7. The summed E-state index contributed by atoms with van der Waals surface area (Å²) < 4.78 is 1.98. The van der Waals surface area contributed by atoms with E-state index in [1.165, 1.54) is 10.4 Å². The summed E-state index contributed by atoms with van der Waals surface area (Å²) in [5.41, 5.74) is 1.19. The standard InChI is InChI=1S/C22H30N8S.HI/c1-16-6-7-20(23-13-16)30-10-8-18(9-11-30)26-22(24-14-19-5-4-12-31-19)25-15-21-28-27-17(2)29(21)3;/h4-7,12-13,18H,8-11,14-15H2,1-3H3,(H2,24,25,26);1H. The van der Waals surface area contributed by atoms with Crippen LogP contribution in [0.1, 0.15) is 34.9 Å². The van der Waals surface area contributed by atoms with E-state index in [9.17, 15) is 0 Å². The molecular formula is C22H31IN8S. The molecule has 1 aliphatic heterocycles. The van der Waals surface area contributed by atoms with E-state index in [0.29, 0.717) is 12.6 Å². The number of aryl methyl sites for hydroxylation is 2. The zero-order chi connectivity index (χ0) is 21.6. The van der Waals surface area contributed by atoms with E-state index in [4.69, 9.17) is 4.99 Å². The molecule has 0 amide bonds. The van der Waals surface area contributed by atoms with Gasteiger partial charge in [0.2, 0.25) is 0 Å². The smallest absolute Gasteiger partial charge is 0.192 e. The molecule has 3 aromatic heterocycles. The number of aliphatic imine (C=N–C) groups is 1. The molecule has 0 aromatic carbocycles. The van der Waals surface area contributed by atoms with Gasteiger partial charge in [-0.15, -0.1) is 45.5 Å². The van der Waals surface area contributed by atoms with Crippen molar-refractivity contribution in [3.8, 4) is 0 Å². The zero-order valence-electron chi connectivity index (χ0n) is 18.8. The Hall–Kier alpha value is -2.21. The number of thiophene rings is 1. The van der Waals surface area contributed by atoms with Crippen molar-refractivity contribution in [3.05, 3.63) is 57.9 Å². The quantitative estimate of drug-likeness (QED) is 0.271. The Morgan fingerprint density at radius 1 is 1.19 bits per heavy atom. The highest BCUT2D eigenvalue weighted by Crippen LogP contribution is 2.18. The number of guanidine groups is 1. The van der Waals surface area contributed by atoms with Crippen LogP contribution in [0, 0.1) is 13.8 Å². The summed E-state index contributed by atoms with van der Waals surface area (Å²) in [5.74, 6) is 3.63. The summed E-state index contributed by atoms with van der Waals surface area (Å²) in [6.45, 7) is 7.23. The number of pyridine rings is 1. The fourth-order valence-electron chi connectivity index (χ4n) is 3.57. The van der Waals surface area contributed by atoms with Crippen LogP contribution in [0.4, 0.5) is 5.82 Å². The summed E-state index contributed by atoms with van der Waals surface area (Å²) in [4.78, 5) is 13.0. The van der Waals surface area contributed by atoms with Crippen LogP contribution in [-0.2, 0) is 20.1 Å². The van der Waals surface area contributed by atoms with Crippen molar-refractivity contribution in [2.45, 2.75) is 45.8 Å². The number of nitrogens with one attached hydrogen (secondary N) is 2. The number of hydrogen-bond donors (Lipinski definition) is 2. The van der Waals surface area contributed by atoms with E-state index in [0.717, 1.165) is 55.9 Å². The molecule has 0 bridgehead atoms. The van der Waals surface area contributed by atoms with Gasteiger partial charge in [-0.1, -0.05) is 12.1 Å². The van der Waals surface area contributed by atoms with Crippen LogP contribution < -0.4 is 15.5 Å².